The van der Waals surface area contributed by atoms with Crippen molar-refractivity contribution in [3.8, 4) is 0 Å². The summed E-state index contributed by atoms with van der Waals surface area (Å²) in [4.78, 5) is 36.8. The van der Waals surface area contributed by atoms with Gasteiger partial charge in [0, 0.05) is 12.5 Å². The topological polar surface area (TPSA) is 57.7 Å². The highest BCUT2D eigenvalue weighted by molar-refractivity contribution is 6.05. The van der Waals surface area contributed by atoms with Crippen LogP contribution in [-0.2, 0) is 9.59 Å². The molecule has 1 aliphatic heterocycles. The van der Waals surface area contributed by atoms with Gasteiger partial charge in [0.2, 0.25) is 0 Å². The Labute approximate surface area is 89.0 Å². The van der Waals surface area contributed by atoms with Gasteiger partial charge in [-0.1, -0.05) is 20.8 Å². The number of nitrogens with zero attached hydrogens (tertiary/aromatic N) is 2. The number of ketones is 1. The number of carbonyl (C=O) groups is 3. The Hall–Kier alpha value is -1.39. The monoisotopic (exact) mass is 212 g/mol. The maximum Gasteiger partial charge on any atom is 0.327 e. The molecule has 0 aromatic heterocycles. The number of hydrogen-bond acceptors (Lipinski definition) is 3. The molecule has 0 atom stereocenters. The van der Waals surface area contributed by atoms with Crippen molar-refractivity contribution in [1.29, 1.82) is 0 Å². The Kier molecular flexibility index (Phi) is 2.83. The quantitative estimate of drug-likeness (QED) is 0.626. The molecule has 1 fully saturated rings. The van der Waals surface area contributed by atoms with Crippen LogP contribution < -0.4 is 0 Å². The maximum absolute atomic E-state index is 11.7. The Morgan fingerprint density at radius 2 is 1.87 bits per heavy atom. The number of urea groups is 1. The third-order valence-electron chi connectivity index (χ3n) is 2.37. The lowest BCUT2D eigenvalue weighted by Crippen LogP contribution is -2.40. The normalized spacial score (nSPS) is 17.6. The van der Waals surface area contributed by atoms with Gasteiger partial charge in [0.15, 0.2) is 5.78 Å². The van der Waals surface area contributed by atoms with E-state index < -0.39 is 11.4 Å². The highest BCUT2D eigenvalue weighted by atomic mass is 16.2. The summed E-state index contributed by atoms with van der Waals surface area (Å²) in [6, 6.07) is -0.391. The van der Waals surface area contributed by atoms with Crippen LogP contribution in [0.3, 0.4) is 0 Å². The van der Waals surface area contributed by atoms with Gasteiger partial charge < -0.3 is 4.90 Å². The molecule has 0 radical (unpaired) electrons. The molecule has 0 bridgehead atoms. The third kappa shape index (κ3) is 2.34. The first kappa shape index (κ1) is 11.7. The largest absolute Gasteiger partial charge is 0.327 e. The fourth-order valence-electron chi connectivity index (χ4n) is 1.21. The van der Waals surface area contributed by atoms with E-state index in [1.165, 1.54) is 4.90 Å². The van der Waals surface area contributed by atoms with Crippen LogP contribution in [0.1, 0.15) is 20.8 Å². The van der Waals surface area contributed by atoms with E-state index in [-0.39, 0.29) is 24.8 Å². The SMILES string of the molecule is CN1CC(=O)N(CC(=O)C(C)(C)C)C1=O. The van der Waals surface area contributed by atoms with Crippen LogP contribution in [0.2, 0.25) is 0 Å². The zero-order valence-corrected chi connectivity index (χ0v) is 9.53. The Balaban J connectivity index is 2.71. The summed E-state index contributed by atoms with van der Waals surface area (Å²) in [5.74, 6) is -0.417. The van der Waals surface area contributed by atoms with E-state index in [0.29, 0.717) is 0 Å². The first-order chi connectivity index (χ1) is 6.73. The fraction of sp³-hybridized carbons (Fsp3) is 0.700. The summed E-state index contributed by atoms with van der Waals surface area (Å²) < 4.78 is 0. The standard InChI is InChI=1S/C10H16N2O3/c1-10(2,3)7(13)5-12-8(14)6-11(4)9(12)15/h5-6H2,1-4H3. The Morgan fingerprint density at radius 3 is 2.20 bits per heavy atom. The smallest absolute Gasteiger partial charge is 0.318 e. The van der Waals surface area contributed by atoms with Crippen LogP contribution in [0.4, 0.5) is 4.79 Å². The highest BCUT2D eigenvalue weighted by Crippen LogP contribution is 2.17. The lowest BCUT2D eigenvalue weighted by molar-refractivity contribution is -0.133. The first-order valence-corrected chi connectivity index (χ1v) is 4.82. The molecule has 84 valence electrons. The predicted molar refractivity (Wildman–Crippen MR) is 54.2 cm³/mol. The van der Waals surface area contributed by atoms with Crippen LogP contribution in [0.15, 0.2) is 0 Å². The van der Waals surface area contributed by atoms with Crippen LogP contribution in [-0.4, -0.2) is 47.7 Å². The number of rotatable bonds is 2. The average Bonchev–Trinajstić information content (AvgIpc) is 2.30. The van der Waals surface area contributed by atoms with Crippen molar-refractivity contribution < 1.29 is 14.4 Å². The second-order valence-electron chi connectivity index (χ2n) is 4.79. The Morgan fingerprint density at radius 1 is 1.33 bits per heavy atom. The van der Waals surface area contributed by atoms with Crippen LogP contribution in [0, 0.1) is 5.41 Å². The van der Waals surface area contributed by atoms with E-state index in [9.17, 15) is 14.4 Å². The summed E-state index contributed by atoms with van der Waals surface area (Å²) in [6.07, 6.45) is 0. The van der Waals surface area contributed by atoms with E-state index in [1.54, 1.807) is 27.8 Å². The number of hydrogen-bond donors (Lipinski definition) is 0. The zero-order valence-electron chi connectivity index (χ0n) is 9.53. The molecule has 0 aromatic rings. The van der Waals surface area contributed by atoms with E-state index >= 15 is 0 Å². The molecule has 0 aromatic carbocycles. The molecule has 0 aliphatic carbocycles. The molecule has 1 aliphatic rings. The van der Waals surface area contributed by atoms with Crippen molar-refractivity contribution in [1.82, 2.24) is 9.80 Å². The van der Waals surface area contributed by atoms with Crippen molar-refractivity contribution in [3.05, 3.63) is 0 Å². The van der Waals surface area contributed by atoms with Gasteiger partial charge in [0.05, 0.1) is 6.54 Å². The average molecular weight is 212 g/mol. The lowest BCUT2D eigenvalue weighted by Gasteiger charge is -2.20. The summed E-state index contributed by atoms with van der Waals surface area (Å²) in [7, 11) is 1.54. The molecule has 1 saturated heterocycles. The van der Waals surface area contributed by atoms with Gasteiger partial charge >= 0.3 is 6.03 Å². The molecule has 3 amide bonds. The molecular weight excluding hydrogens is 196 g/mol. The molecule has 1 rings (SSSR count). The van der Waals surface area contributed by atoms with E-state index in [2.05, 4.69) is 0 Å². The molecule has 0 N–H and O–H groups in total. The third-order valence-corrected chi connectivity index (χ3v) is 2.37. The second-order valence-corrected chi connectivity index (χ2v) is 4.79. The van der Waals surface area contributed by atoms with E-state index in [1.807, 2.05) is 0 Å². The van der Waals surface area contributed by atoms with Crippen LogP contribution in [0.25, 0.3) is 0 Å². The molecule has 0 saturated carbocycles. The van der Waals surface area contributed by atoms with E-state index in [4.69, 9.17) is 0 Å². The molecule has 15 heavy (non-hydrogen) atoms. The first-order valence-electron chi connectivity index (χ1n) is 4.82. The van der Waals surface area contributed by atoms with Gasteiger partial charge in [-0.25, -0.2) is 4.79 Å². The van der Waals surface area contributed by atoms with E-state index in [0.717, 1.165) is 4.90 Å². The van der Waals surface area contributed by atoms with Crippen molar-refractivity contribution in [2.45, 2.75) is 20.8 Å². The van der Waals surface area contributed by atoms with Crippen LogP contribution >= 0.6 is 0 Å². The molecular formula is C10H16N2O3. The highest BCUT2D eigenvalue weighted by Gasteiger charge is 2.36. The fourth-order valence-corrected chi connectivity index (χ4v) is 1.21. The van der Waals surface area contributed by atoms with Gasteiger partial charge in [-0.15, -0.1) is 0 Å². The van der Waals surface area contributed by atoms with Crippen molar-refractivity contribution in [2.75, 3.05) is 20.1 Å². The predicted octanol–water partition coefficient (Wildman–Crippen LogP) is 0.496. The van der Waals surface area contributed by atoms with Crippen molar-refractivity contribution >= 4 is 17.7 Å². The second kappa shape index (κ2) is 3.64. The van der Waals surface area contributed by atoms with Crippen LogP contribution in [0.5, 0.6) is 0 Å². The summed E-state index contributed by atoms with van der Waals surface area (Å²) in [6.45, 7) is 5.25. The summed E-state index contributed by atoms with van der Waals surface area (Å²) >= 11 is 0. The number of Topliss-reactive ketones (excluding diaryl/α,β-unsaturated/α-hetero) is 1. The number of likely N-dealkylation sites (N-methyl/N-ethyl adjacent to an activating group) is 1. The molecule has 0 unspecified atom stereocenters. The lowest BCUT2D eigenvalue weighted by atomic mass is 9.90. The number of amides is 3. The van der Waals surface area contributed by atoms with Gasteiger partial charge in [-0.2, -0.15) is 0 Å². The minimum atomic E-state index is -0.526. The van der Waals surface area contributed by atoms with Gasteiger partial charge in [-0.05, 0) is 0 Å². The van der Waals surface area contributed by atoms with Gasteiger partial charge in [0.1, 0.15) is 6.54 Å². The molecule has 1 heterocycles. The zero-order chi connectivity index (χ0) is 11.8. The van der Waals surface area contributed by atoms with Gasteiger partial charge in [0.25, 0.3) is 5.91 Å². The number of carbonyl (C=O) groups excluding carboxylic acids is 3. The van der Waals surface area contributed by atoms with Gasteiger partial charge in [-0.3, -0.25) is 14.5 Å². The minimum Gasteiger partial charge on any atom is -0.318 e. The summed E-state index contributed by atoms with van der Waals surface area (Å²) in [5, 5.41) is 0. The summed E-state index contributed by atoms with van der Waals surface area (Å²) in [5.41, 5.74) is -0.526. The minimum absolute atomic E-state index is 0.0657. The Bertz CT molecular complexity index is 317. The maximum atomic E-state index is 11.7. The molecule has 0 spiro atoms. The number of imide groups is 1. The van der Waals surface area contributed by atoms with Crippen molar-refractivity contribution in [3.63, 3.8) is 0 Å². The molecule has 5 nitrogen and oxygen atoms in total. The molecule has 5 heteroatoms. The van der Waals surface area contributed by atoms with Crippen molar-refractivity contribution in [2.24, 2.45) is 5.41 Å².